The Kier molecular flexibility index (Phi) is 3.65. The van der Waals surface area contributed by atoms with Gasteiger partial charge in [0.1, 0.15) is 0 Å². The standard InChI is InChI=1S/C8H18O2Si/c1-5-7(8(9)10)6-11(2,3)4/h9-10H,5-6H2,1-4H3. The highest BCUT2D eigenvalue weighted by Crippen LogP contribution is 2.19. The van der Waals surface area contributed by atoms with E-state index in [0.717, 1.165) is 18.0 Å². The van der Waals surface area contributed by atoms with Crippen LogP contribution >= 0.6 is 0 Å². The minimum absolute atomic E-state index is 0.463. The first-order chi connectivity index (χ1) is 4.87. The summed E-state index contributed by atoms with van der Waals surface area (Å²) in [5, 5.41) is 17.7. The predicted octanol–water partition coefficient (Wildman–Crippen LogP) is 3.06. The summed E-state index contributed by atoms with van der Waals surface area (Å²) < 4.78 is 0. The zero-order valence-corrected chi connectivity index (χ0v) is 8.81. The van der Waals surface area contributed by atoms with Crippen molar-refractivity contribution in [1.82, 2.24) is 0 Å². The van der Waals surface area contributed by atoms with E-state index in [2.05, 4.69) is 19.6 Å². The Morgan fingerprint density at radius 1 is 1.18 bits per heavy atom. The molecule has 3 heteroatoms. The molecule has 0 aliphatic heterocycles. The van der Waals surface area contributed by atoms with E-state index in [1.165, 1.54) is 0 Å². The number of allylic oxidation sites excluding steroid dienone is 1. The number of rotatable bonds is 3. The van der Waals surface area contributed by atoms with E-state index in [1.807, 2.05) is 6.92 Å². The molecule has 0 radical (unpaired) electrons. The van der Waals surface area contributed by atoms with Crippen LogP contribution in [0.15, 0.2) is 11.5 Å². The summed E-state index contributed by atoms with van der Waals surface area (Å²) in [6.45, 7) is 8.59. The SMILES string of the molecule is CCC(C[Si](C)(C)C)=C(O)O. The zero-order chi connectivity index (χ0) is 9.07. The lowest BCUT2D eigenvalue weighted by Gasteiger charge is -2.16. The van der Waals surface area contributed by atoms with Gasteiger partial charge in [0.05, 0.1) is 0 Å². The van der Waals surface area contributed by atoms with Gasteiger partial charge in [0.25, 0.3) is 5.95 Å². The van der Waals surface area contributed by atoms with Gasteiger partial charge in [-0.05, 0) is 12.5 Å². The largest absolute Gasteiger partial charge is 0.481 e. The Labute approximate surface area is 69.6 Å². The van der Waals surface area contributed by atoms with Crippen LogP contribution in [-0.2, 0) is 0 Å². The van der Waals surface area contributed by atoms with Crippen molar-refractivity contribution < 1.29 is 10.2 Å². The molecule has 2 N–H and O–H groups in total. The summed E-state index contributed by atoms with van der Waals surface area (Å²) >= 11 is 0. The average Bonchev–Trinajstić information content (AvgIpc) is 1.80. The van der Waals surface area contributed by atoms with E-state index in [-0.39, 0.29) is 0 Å². The minimum Gasteiger partial charge on any atom is -0.481 e. The second-order valence-electron chi connectivity index (χ2n) is 4.02. The third-order valence-corrected chi connectivity index (χ3v) is 2.97. The van der Waals surface area contributed by atoms with Crippen LogP contribution in [0.2, 0.25) is 25.7 Å². The van der Waals surface area contributed by atoms with Gasteiger partial charge in [0.2, 0.25) is 0 Å². The van der Waals surface area contributed by atoms with Crippen LogP contribution in [0.25, 0.3) is 0 Å². The van der Waals surface area contributed by atoms with Crippen LogP contribution in [0.1, 0.15) is 13.3 Å². The summed E-state index contributed by atoms with van der Waals surface area (Å²) in [6.07, 6.45) is 0.743. The van der Waals surface area contributed by atoms with Crippen molar-refractivity contribution in [3.05, 3.63) is 11.5 Å². The quantitative estimate of drug-likeness (QED) is 0.510. The third-order valence-electron chi connectivity index (χ3n) is 1.49. The lowest BCUT2D eigenvalue weighted by molar-refractivity contribution is 0.184. The van der Waals surface area contributed by atoms with E-state index in [9.17, 15) is 0 Å². The average molecular weight is 174 g/mol. The topological polar surface area (TPSA) is 40.5 Å². The van der Waals surface area contributed by atoms with E-state index in [1.54, 1.807) is 0 Å². The van der Waals surface area contributed by atoms with Crippen LogP contribution in [0.5, 0.6) is 0 Å². The number of hydrogen-bond acceptors (Lipinski definition) is 2. The van der Waals surface area contributed by atoms with Crippen LogP contribution in [0, 0.1) is 0 Å². The van der Waals surface area contributed by atoms with Crippen LogP contribution < -0.4 is 0 Å². The molecule has 0 bridgehead atoms. The highest BCUT2D eigenvalue weighted by Gasteiger charge is 2.16. The van der Waals surface area contributed by atoms with Crippen molar-refractivity contribution >= 4 is 8.07 Å². The number of aliphatic hydroxyl groups excluding tert-OH is 1. The second-order valence-corrected chi connectivity index (χ2v) is 9.49. The molecule has 0 aromatic carbocycles. The molecule has 0 aliphatic rings. The minimum atomic E-state index is -1.18. The first kappa shape index (κ1) is 10.6. The Bertz CT molecular complexity index is 152. The molecule has 0 amide bonds. The highest BCUT2D eigenvalue weighted by atomic mass is 28.3. The molecule has 0 atom stereocenters. The van der Waals surface area contributed by atoms with Gasteiger partial charge >= 0.3 is 0 Å². The van der Waals surface area contributed by atoms with Gasteiger partial charge in [-0.1, -0.05) is 26.6 Å². The van der Waals surface area contributed by atoms with Gasteiger partial charge in [-0.2, -0.15) is 0 Å². The Hall–Kier alpha value is -0.443. The fourth-order valence-electron chi connectivity index (χ4n) is 1.00. The van der Waals surface area contributed by atoms with Crippen molar-refractivity contribution in [2.45, 2.75) is 39.0 Å². The molecule has 0 saturated heterocycles. The maximum atomic E-state index is 8.83. The highest BCUT2D eigenvalue weighted by molar-refractivity contribution is 6.76. The van der Waals surface area contributed by atoms with E-state index >= 15 is 0 Å². The van der Waals surface area contributed by atoms with Gasteiger partial charge in [-0.25, -0.2) is 0 Å². The van der Waals surface area contributed by atoms with Gasteiger partial charge in [0.15, 0.2) is 0 Å². The van der Waals surface area contributed by atoms with Crippen LogP contribution in [0.4, 0.5) is 0 Å². The number of hydrogen-bond donors (Lipinski definition) is 2. The third kappa shape index (κ3) is 4.90. The Morgan fingerprint density at radius 3 is 1.73 bits per heavy atom. The van der Waals surface area contributed by atoms with Crippen LogP contribution in [0.3, 0.4) is 0 Å². The van der Waals surface area contributed by atoms with Gasteiger partial charge in [-0.3, -0.25) is 0 Å². The van der Waals surface area contributed by atoms with Gasteiger partial charge in [-0.15, -0.1) is 0 Å². The Morgan fingerprint density at radius 2 is 1.64 bits per heavy atom. The molecule has 0 unspecified atom stereocenters. The maximum absolute atomic E-state index is 8.83. The molecule has 0 aliphatic carbocycles. The summed E-state index contributed by atoms with van der Waals surface area (Å²) in [5.74, 6) is -0.463. The van der Waals surface area contributed by atoms with Crippen molar-refractivity contribution in [2.75, 3.05) is 0 Å². The molecule has 66 valence electrons. The summed E-state index contributed by atoms with van der Waals surface area (Å²) in [6, 6.07) is 0.881. The summed E-state index contributed by atoms with van der Waals surface area (Å²) in [4.78, 5) is 0. The fourth-order valence-corrected chi connectivity index (χ4v) is 2.69. The predicted molar refractivity (Wildman–Crippen MR) is 50.7 cm³/mol. The Balaban J connectivity index is 4.23. The normalized spacial score (nSPS) is 11.3. The molecule has 0 heterocycles. The second kappa shape index (κ2) is 3.81. The molecule has 2 nitrogen and oxygen atoms in total. The van der Waals surface area contributed by atoms with Gasteiger partial charge < -0.3 is 10.2 Å². The lowest BCUT2D eigenvalue weighted by Crippen LogP contribution is -2.20. The fraction of sp³-hybridized carbons (Fsp3) is 0.750. The molecule has 0 fully saturated rings. The molecule has 0 spiro atoms. The first-order valence-corrected chi connectivity index (χ1v) is 7.67. The first-order valence-electron chi connectivity index (χ1n) is 3.96. The van der Waals surface area contributed by atoms with Crippen molar-refractivity contribution in [3.8, 4) is 0 Å². The summed E-state index contributed by atoms with van der Waals surface area (Å²) in [7, 11) is -1.18. The lowest BCUT2D eigenvalue weighted by atomic mass is 10.2. The molecule has 0 saturated carbocycles. The van der Waals surface area contributed by atoms with Gasteiger partial charge in [0, 0.05) is 13.6 Å². The van der Waals surface area contributed by atoms with Crippen molar-refractivity contribution in [3.63, 3.8) is 0 Å². The number of aliphatic hydroxyl groups is 2. The van der Waals surface area contributed by atoms with E-state index < -0.39 is 14.0 Å². The van der Waals surface area contributed by atoms with Crippen molar-refractivity contribution in [2.24, 2.45) is 0 Å². The maximum Gasteiger partial charge on any atom is 0.272 e. The van der Waals surface area contributed by atoms with E-state index in [0.29, 0.717) is 0 Å². The molecule has 0 aromatic rings. The molecular weight excluding hydrogens is 156 g/mol. The smallest absolute Gasteiger partial charge is 0.272 e. The zero-order valence-electron chi connectivity index (χ0n) is 7.81. The molecule has 11 heavy (non-hydrogen) atoms. The molecule has 0 aromatic heterocycles. The monoisotopic (exact) mass is 174 g/mol. The summed E-state index contributed by atoms with van der Waals surface area (Å²) in [5.41, 5.74) is 0.796. The van der Waals surface area contributed by atoms with Crippen molar-refractivity contribution in [1.29, 1.82) is 0 Å². The van der Waals surface area contributed by atoms with E-state index in [4.69, 9.17) is 10.2 Å². The molecular formula is C8H18O2Si. The van der Waals surface area contributed by atoms with Crippen LogP contribution in [-0.4, -0.2) is 18.3 Å². The molecule has 0 rings (SSSR count).